The predicted molar refractivity (Wildman–Crippen MR) is 95.7 cm³/mol. The second-order valence-electron chi connectivity index (χ2n) is 6.73. The summed E-state index contributed by atoms with van der Waals surface area (Å²) in [4.78, 5) is 4.48. The van der Waals surface area contributed by atoms with E-state index in [1.54, 1.807) is 6.20 Å². The Morgan fingerprint density at radius 2 is 2.08 bits per heavy atom. The van der Waals surface area contributed by atoms with Gasteiger partial charge in [0.1, 0.15) is 17.9 Å². The van der Waals surface area contributed by atoms with Crippen LogP contribution in [0.4, 0.5) is 6.01 Å². The topological polar surface area (TPSA) is 86.6 Å². The van der Waals surface area contributed by atoms with Crippen molar-refractivity contribution >= 4 is 17.1 Å². The van der Waals surface area contributed by atoms with Crippen LogP contribution in [0.3, 0.4) is 0 Å². The van der Waals surface area contributed by atoms with Gasteiger partial charge in [-0.2, -0.15) is 10.1 Å². The molecule has 1 aromatic carbocycles. The van der Waals surface area contributed by atoms with Crippen LogP contribution in [0, 0.1) is 0 Å². The van der Waals surface area contributed by atoms with E-state index in [2.05, 4.69) is 30.2 Å². The molecule has 1 aliphatic carbocycles. The highest BCUT2D eigenvalue weighted by Gasteiger charge is 2.34. The maximum atomic E-state index is 5.74. The molecular formula is C18H19N7O. The third-order valence-corrected chi connectivity index (χ3v) is 4.99. The van der Waals surface area contributed by atoms with E-state index in [0.29, 0.717) is 24.5 Å². The number of aromatic nitrogens is 6. The van der Waals surface area contributed by atoms with Gasteiger partial charge in [0.25, 0.3) is 6.01 Å². The Hall–Kier alpha value is -3.16. The van der Waals surface area contributed by atoms with Crippen molar-refractivity contribution in [3.05, 3.63) is 54.4 Å². The molecule has 0 aliphatic heterocycles. The molecule has 8 heteroatoms. The van der Waals surface area contributed by atoms with E-state index in [4.69, 9.17) is 4.42 Å². The highest BCUT2D eigenvalue weighted by Crippen LogP contribution is 2.37. The van der Waals surface area contributed by atoms with Crippen molar-refractivity contribution in [2.24, 2.45) is 7.05 Å². The van der Waals surface area contributed by atoms with Gasteiger partial charge in [-0.1, -0.05) is 12.1 Å². The zero-order chi connectivity index (χ0) is 17.5. The number of para-hydroxylation sites is 2. The molecule has 8 nitrogen and oxygen atoms in total. The highest BCUT2D eigenvalue weighted by atomic mass is 16.4. The van der Waals surface area contributed by atoms with Crippen molar-refractivity contribution in [2.45, 2.75) is 31.3 Å². The summed E-state index contributed by atoms with van der Waals surface area (Å²) >= 11 is 0. The van der Waals surface area contributed by atoms with Crippen LogP contribution >= 0.6 is 0 Å². The first-order chi connectivity index (χ1) is 12.8. The van der Waals surface area contributed by atoms with Gasteiger partial charge in [-0.25, -0.2) is 0 Å². The quantitative estimate of drug-likeness (QED) is 0.596. The summed E-state index contributed by atoms with van der Waals surface area (Å²) in [7, 11) is 2.02. The molecule has 0 spiro atoms. The van der Waals surface area contributed by atoms with Gasteiger partial charge >= 0.3 is 0 Å². The van der Waals surface area contributed by atoms with Crippen LogP contribution < -0.4 is 5.32 Å². The zero-order valence-electron chi connectivity index (χ0n) is 14.4. The monoisotopic (exact) mass is 349 g/mol. The first-order valence-corrected chi connectivity index (χ1v) is 8.74. The van der Waals surface area contributed by atoms with Gasteiger partial charge in [0, 0.05) is 31.4 Å². The molecule has 0 amide bonds. The molecule has 4 aromatic rings. The highest BCUT2D eigenvalue weighted by molar-refractivity contribution is 5.74. The van der Waals surface area contributed by atoms with Crippen LogP contribution in [-0.4, -0.2) is 35.6 Å². The summed E-state index contributed by atoms with van der Waals surface area (Å²) in [6, 6.07) is 10.6. The van der Waals surface area contributed by atoms with Crippen molar-refractivity contribution in [1.29, 1.82) is 0 Å². The number of fused-ring (bicyclic) bond motifs is 1. The minimum absolute atomic E-state index is 0.347. The first kappa shape index (κ1) is 15.1. The molecule has 3 aromatic heterocycles. The summed E-state index contributed by atoms with van der Waals surface area (Å²) < 4.78 is 9.68. The number of rotatable bonds is 5. The van der Waals surface area contributed by atoms with Gasteiger partial charge in [-0.15, -0.1) is 10.2 Å². The van der Waals surface area contributed by atoms with Crippen molar-refractivity contribution in [2.75, 3.05) is 5.32 Å². The average Bonchev–Trinajstić information content (AvgIpc) is 3.33. The molecule has 26 heavy (non-hydrogen) atoms. The number of nitrogens with one attached hydrogen (secondary N) is 1. The fraction of sp³-hybridized carbons (Fsp3) is 0.333. The summed E-state index contributed by atoms with van der Waals surface area (Å²) in [6.45, 7) is 0.633. The van der Waals surface area contributed by atoms with E-state index in [-0.39, 0.29) is 0 Å². The number of hydrogen-bond donors (Lipinski definition) is 1. The molecule has 132 valence electrons. The molecule has 1 aliphatic rings. The van der Waals surface area contributed by atoms with Crippen molar-refractivity contribution in [3.63, 3.8) is 0 Å². The smallest absolute Gasteiger partial charge is 0.295 e. The lowest BCUT2D eigenvalue weighted by molar-refractivity contribution is 0.345. The number of hydrogen-bond acceptors (Lipinski definition) is 6. The Balaban J connectivity index is 1.23. The minimum Gasteiger partial charge on any atom is -0.424 e. The summed E-state index contributed by atoms with van der Waals surface area (Å²) in [6.07, 6.45) is 5.68. The summed E-state index contributed by atoms with van der Waals surface area (Å²) in [5.74, 6) is 2.35. The Labute approximate surface area is 149 Å². The Morgan fingerprint density at radius 3 is 2.88 bits per heavy atom. The Bertz CT molecular complexity index is 994. The van der Waals surface area contributed by atoms with Crippen LogP contribution in [0.25, 0.3) is 11.1 Å². The SMILES string of the molecule is Cn1c(Cn2cccn2)nnc1C1CC(Nc2nc3ccccc3o2)C1. The van der Waals surface area contributed by atoms with E-state index in [0.717, 1.165) is 35.6 Å². The van der Waals surface area contributed by atoms with Gasteiger partial charge in [-0.3, -0.25) is 4.68 Å². The average molecular weight is 349 g/mol. The normalized spacial score (nSPS) is 19.6. The van der Waals surface area contributed by atoms with Gasteiger partial charge < -0.3 is 14.3 Å². The lowest BCUT2D eigenvalue weighted by atomic mass is 9.79. The van der Waals surface area contributed by atoms with Gasteiger partial charge in [0.15, 0.2) is 11.4 Å². The fourth-order valence-electron chi connectivity index (χ4n) is 3.46. The van der Waals surface area contributed by atoms with E-state index < -0.39 is 0 Å². The molecule has 1 saturated carbocycles. The lowest BCUT2D eigenvalue weighted by Gasteiger charge is -2.34. The molecule has 0 unspecified atom stereocenters. The number of anilines is 1. The van der Waals surface area contributed by atoms with Crippen LogP contribution in [0.2, 0.25) is 0 Å². The first-order valence-electron chi connectivity index (χ1n) is 8.74. The lowest BCUT2D eigenvalue weighted by Crippen LogP contribution is -2.35. The molecule has 5 rings (SSSR count). The molecule has 0 radical (unpaired) electrons. The molecule has 0 bridgehead atoms. The van der Waals surface area contributed by atoms with E-state index >= 15 is 0 Å². The minimum atomic E-state index is 0.347. The number of nitrogens with zero attached hydrogens (tertiary/aromatic N) is 6. The van der Waals surface area contributed by atoms with Crippen LogP contribution in [0.15, 0.2) is 47.1 Å². The second-order valence-corrected chi connectivity index (χ2v) is 6.73. The second kappa shape index (κ2) is 5.98. The van der Waals surface area contributed by atoms with Crippen molar-refractivity contribution in [1.82, 2.24) is 29.5 Å². The summed E-state index contributed by atoms with van der Waals surface area (Å²) in [5, 5.41) is 16.3. The van der Waals surface area contributed by atoms with Gasteiger partial charge in [0.05, 0.1) is 0 Å². The summed E-state index contributed by atoms with van der Waals surface area (Å²) in [5.41, 5.74) is 1.69. The molecule has 3 heterocycles. The third-order valence-electron chi connectivity index (χ3n) is 4.99. The van der Waals surface area contributed by atoms with Crippen LogP contribution in [-0.2, 0) is 13.6 Å². The largest absolute Gasteiger partial charge is 0.424 e. The Morgan fingerprint density at radius 1 is 1.19 bits per heavy atom. The number of oxazole rings is 1. The third kappa shape index (κ3) is 2.63. The fourth-order valence-corrected chi connectivity index (χ4v) is 3.46. The maximum absolute atomic E-state index is 5.74. The molecule has 0 saturated heterocycles. The van der Waals surface area contributed by atoms with Crippen molar-refractivity contribution < 1.29 is 4.42 Å². The van der Waals surface area contributed by atoms with Crippen LogP contribution in [0.5, 0.6) is 0 Å². The number of benzene rings is 1. The van der Waals surface area contributed by atoms with E-state index in [9.17, 15) is 0 Å². The van der Waals surface area contributed by atoms with Crippen molar-refractivity contribution in [3.8, 4) is 0 Å². The molecular weight excluding hydrogens is 330 g/mol. The predicted octanol–water partition coefficient (Wildman–Crippen LogP) is 2.56. The molecule has 1 fully saturated rings. The Kier molecular flexibility index (Phi) is 3.48. The van der Waals surface area contributed by atoms with Crippen LogP contribution in [0.1, 0.15) is 30.4 Å². The maximum Gasteiger partial charge on any atom is 0.295 e. The zero-order valence-corrected chi connectivity index (χ0v) is 14.4. The standard InChI is InChI=1S/C18H19N7O/c1-24-16(11-25-8-4-7-19-25)22-23-17(24)12-9-13(10-12)20-18-21-14-5-2-3-6-15(14)26-18/h2-8,12-13H,9-11H2,1H3,(H,20,21). The molecule has 0 atom stereocenters. The van der Waals surface area contributed by atoms with E-state index in [1.165, 1.54) is 0 Å². The molecule has 1 N–H and O–H groups in total. The van der Waals surface area contributed by atoms with Gasteiger partial charge in [0.2, 0.25) is 0 Å². The van der Waals surface area contributed by atoms with E-state index in [1.807, 2.05) is 48.3 Å². The van der Waals surface area contributed by atoms with Gasteiger partial charge in [-0.05, 0) is 31.0 Å².